The number of aromatic amines is 1. The van der Waals surface area contributed by atoms with Crippen LogP contribution in [0.25, 0.3) is 0 Å². The first-order valence-corrected chi connectivity index (χ1v) is 5.02. The summed E-state index contributed by atoms with van der Waals surface area (Å²) in [6, 6.07) is 2.25. The smallest absolute Gasteiger partial charge is 0.170 e. The number of nitrogens with one attached hydrogen (secondary N) is 1. The van der Waals surface area contributed by atoms with E-state index in [1.165, 1.54) is 12.8 Å². The monoisotopic (exact) mass is 193 g/mol. The summed E-state index contributed by atoms with van der Waals surface area (Å²) in [4.78, 5) is 12.8. The predicted octanol–water partition coefficient (Wildman–Crippen LogP) is 1.38. The SMILES string of the molecule is CN1CCCCC1c1cc(C=O)n[nH]1. The van der Waals surface area contributed by atoms with Crippen LogP contribution < -0.4 is 0 Å². The topological polar surface area (TPSA) is 49.0 Å². The van der Waals surface area contributed by atoms with Gasteiger partial charge in [0.05, 0.1) is 11.7 Å². The fourth-order valence-corrected chi connectivity index (χ4v) is 2.05. The molecule has 1 atom stereocenters. The Kier molecular flexibility index (Phi) is 2.63. The summed E-state index contributed by atoms with van der Waals surface area (Å²) in [6.07, 6.45) is 4.45. The lowest BCUT2D eigenvalue weighted by molar-refractivity contribution is 0.111. The van der Waals surface area contributed by atoms with Crippen molar-refractivity contribution >= 4 is 6.29 Å². The lowest BCUT2D eigenvalue weighted by atomic mass is 10.0. The van der Waals surface area contributed by atoms with Crippen molar-refractivity contribution in [2.45, 2.75) is 25.3 Å². The van der Waals surface area contributed by atoms with Crippen LogP contribution in [-0.2, 0) is 0 Å². The van der Waals surface area contributed by atoms with Crippen molar-refractivity contribution in [2.75, 3.05) is 13.6 Å². The van der Waals surface area contributed by atoms with Crippen LogP contribution in [-0.4, -0.2) is 35.0 Å². The highest BCUT2D eigenvalue weighted by Gasteiger charge is 2.22. The van der Waals surface area contributed by atoms with Crippen LogP contribution in [0.2, 0.25) is 0 Å². The molecular formula is C10H15N3O. The molecule has 1 N–H and O–H groups in total. The van der Waals surface area contributed by atoms with Crippen LogP contribution in [0.5, 0.6) is 0 Å². The highest BCUT2D eigenvalue weighted by Crippen LogP contribution is 2.28. The van der Waals surface area contributed by atoms with Gasteiger partial charge in [0.2, 0.25) is 0 Å². The second-order valence-corrected chi connectivity index (χ2v) is 3.86. The quantitative estimate of drug-likeness (QED) is 0.722. The third kappa shape index (κ3) is 1.70. The van der Waals surface area contributed by atoms with Gasteiger partial charge < -0.3 is 0 Å². The number of hydrogen-bond acceptors (Lipinski definition) is 3. The fourth-order valence-electron chi connectivity index (χ4n) is 2.05. The average molecular weight is 193 g/mol. The molecule has 0 amide bonds. The van der Waals surface area contributed by atoms with E-state index in [-0.39, 0.29) is 0 Å². The number of nitrogens with zero attached hydrogens (tertiary/aromatic N) is 2. The van der Waals surface area contributed by atoms with Crippen molar-refractivity contribution in [3.05, 3.63) is 17.5 Å². The minimum Gasteiger partial charge on any atom is -0.298 e. The van der Waals surface area contributed by atoms with E-state index in [0.29, 0.717) is 11.7 Å². The highest BCUT2D eigenvalue weighted by atomic mass is 16.1. The van der Waals surface area contributed by atoms with Gasteiger partial charge in [-0.1, -0.05) is 6.42 Å². The molecular weight excluding hydrogens is 178 g/mol. The van der Waals surface area contributed by atoms with Gasteiger partial charge in [-0.2, -0.15) is 5.10 Å². The van der Waals surface area contributed by atoms with Crippen molar-refractivity contribution in [1.82, 2.24) is 15.1 Å². The molecule has 0 spiro atoms. The maximum Gasteiger partial charge on any atom is 0.170 e. The summed E-state index contributed by atoms with van der Waals surface area (Å²) in [5, 5.41) is 6.86. The Morgan fingerprint density at radius 3 is 3.14 bits per heavy atom. The van der Waals surface area contributed by atoms with E-state index in [1.807, 2.05) is 6.07 Å². The van der Waals surface area contributed by atoms with Crippen molar-refractivity contribution < 1.29 is 4.79 Å². The molecule has 1 saturated heterocycles. The van der Waals surface area contributed by atoms with Gasteiger partial charge in [-0.15, -0.1) is 0 Å². The van der Waals surface area contributed by atoms with E-state index in [1.54, 1.807) is 0 Å². The molecule has 4 heteroatoms. The average Bonchev–Trinajstić information content (AvgIpc) is 2.67. The van der Waals surface area contributed by atoms with Crippen molar-refractivity contribution in [3.8, 4) is 0 Å². The van der Waals surface area contributed by atoms with Gasteiger partial charge in [-0.25, -0.2) is 0 Å². The molecule has 2 rings (SSSR count). The molecule has 1 unspecified atom stereocenters. The molecule has 0 aliphatic carbocycles. The Labute approximate surface area is 83.3 Å². The standard InChI is InChI=1S/C10H15N3O/c1-13-5-3-2-4-10(13)9-6-8(7-14)11-12-9/h6-7,10H,2-5H2,1H3,(H,11,12). The zero-order valence-electron chi connectivity index (χ0n) is 8.36. The Balaban J connectivity index is 2.16. The Bertz CT molecular complexity index is 321. The number of aldehydes is 1. The molecule has 1 aliphatic rings. The number of rotatable bonds is 2. The van der Waals surface area contributed by atoms with Crippen LogP contribution in [0.3, 0.4) is 0 Å². The fraction of sp³-hybridized carbons (Fsp3) is 0.600. The summed E-state index contributed by atoms with van der Waals surface area (Å²) in [7, 11) is 2.12. The molecule has 14 heavy (non-hydrogen) atoms. The van der Waals surface area contributed by atoms with Gasteiger partial charge in [-0.05, 0) is 32.5 Å². The van der Waals surface area contributed by atoms with Gasteiger partial charge in [0, 0.05) is 0 Å². The Morgan fingerprint density at radius 1 is 1.64 bits per heavy atom. The van der Waals surface area contributed by atoms with E-state index >= 15 is 0 Å². The number of carbonyl (C=O) groups is 1. The molecule has 76 valence electrons. The number of aromatic nitrogens is 2. The lowest BCUT2D eigenvalue weighted by Gasteiger charge is -2.31. The lowest BCUT2D eigenvalue weighted by Crippen LogP contribution is -2.29. The third-order valence-corrected chi connectivity index (χ3v) is 2.87. The van der Waals surface area contributed by atoms with Crippen LogP contribution in [0, 0.1) is 0 Å². The van der Waals surface area contributed by atoms with Crippen LogP contribution in [0.1, 0.15) is 41.5 Å². The molecule has 1 aromatic rings. The largest absolute Gasteiger partial charge is 0.298 e. The molecule has 1 fully saturated rings. The van der Waals surface area contributed by atoms with E-state index in [0.717, 1.165) is 24.9 Å². The minimum absolute atomic E-state index is 0.407. The van der Waals surface area contributed by atoms with E-state index in [9.17, 15) is 4.79 Å². The molecule has 4 nitrogen and oxygen atoms in total. The summed E-state index contributed by atoms with van der Waals surface area (Å²) in [5.41, 5.74) is 1.56. The van der Waals surface area contributed by atoms with E-state index < -0.39 is 0 Å². The normalized spacial score (nSPS) is 23.6. The zero-order valence-corrected chi connectivity index (χ0v) is 8.36. The molecule has 0 saturated carbocycles. The summed E-state index contributed by atoms with van der Waals surface area (Å²) in [5.74, 6) is 0. The van der Waals surface area contributed by atoms with Crippen LogP contribution in [0.15, 0.2) is 6.07 Å². The van der Waals surface area contributed by atoms with Gasteiger partial charge in [-0.3, -0.25) is 14.8 Å². The van der Waals surface area contributed by atoms with Gasteiger partial charge in [0.25, 0.3) is 0 Å². The van der Waals surface area contributed by atoms with Gasteiger partial charge in [0.15, 0.2) is 6.29 Å². The van der Waals surface area contributed by atoms with Crippen molar-refractivity contribution in [3.63, 3.8) is 0 Å². The molecule has 0 bridgehead atoms. The molecule has 1 aromatic heterocycles. The molecule has 0 aromatic carbocycles. The van der Waals surface area contributed by atoms with E-state index in [4.69, 9.17) is 0 Å². The molecule has 0 radical (unpaired) electrons. The summed E-state index contributed by atoms with van der Waals surface area (Å²) < 4.78 is 0. The highest BCUT2D eigenvalue weighted by molar-refractivity contribution is 5.71. The van der Waals surface area contributed by atoms with Gasteiger partial charge in [0.1, 0.15) is 5.69 Å². The number of carbonyl (C=O) groups excluding carboxylic acids is 1. The molecule has 1 aliphatic heterocycles. The zero-order chi connectivity index (χ0) is 9.97. The summed E-state index contributed by atoms with van der Waals surface area (Å²) in [6.45, 7) is 1.13. The van der Waals surface area contributed by atoms with Crippen molar-refractivity contribution in [2.24, 2.45) is 0 Å². The number of hydrogen-bond donors (Lipinski definition) is 1. The predicted molar refractivity (Wildman–Crippen MR) is 53.2 cm³/mol. The first kappa shape index (κ1) is 9.40. The maximum absolute atomic E-state index is 10.5. The second-order valence-electron chi connectivity index (χ2n) is 3.86. The van der Waals surface area contributed by atoms with Crippen molar-refractivity contribution in [1.29, 1.82) is 0 Å². The number of H-pyrrole nitrogens is 1. The van der Waals surface area contributed by atoms with Crippen LogP contribution >= 0.6 is 0 Å². The minimum atomic E-state index is 0.407. The number of piperidine rings is 1. The second kappa shape index (κ2) is 3.92. The Hall–Kier alpha value is -1.16. The van der Waals surface area contributed by atoms with Crippen LogP contribution in [0.4, 0.5) is 0 Å². The third-order valence-electron chi connectivity index (χ3n) is 2.87. The number of likely N-dealkylation sites (tertiary alicyclic amines) is 1. The summed E-state index contributed by atoms with van der Waals surface area (Å²) >= 11 is 0. The van der Waals surface area contributed by atoms with E-state index in [2.05, 4.69) is 22.1 Å². The first-order chi connectivity index (χ1) is 6.81. The Morgan fingerprint density at radius 2 is 2.50 bits per heavy atom. The van der Waals surface area contributed by atoms with Gasteiger partial charge >= 0.3 is 0 Å². The maximum atomic E-state index is 10.5. The molecule has 2 heterocycles. The first-order valence-electron chi connectivity index (χ1n) is 5.02.